The van der Waals surface area contributed by atoms with Crippen LogP contribution in [0.4, 0.5) is 5.69 Å². The van der Waals surface area contributed by atoms with Crippen LogP contribution < -0.4 is 10.6 Å². The smallest absolute Gasteiger partial charge is 0.328 e. The Kier molecular flexibility index (Phi) is 9.39. The van der Waals surface area contributed by atoms with Crippen molar-refractivity contribution in [3.05, 3.63) is 94.3 Å². The van der Waals surface area contributed by atoms with Crippen molar-refractivity contribution < 1.29 is 19.1 Å². The summed E-state index contributed by atoms with van der Waals surface area (Å²) in [6.45, 7) is 1.77. The number of pyridine rings is 1. The second-order valence-electron chi connectivity index (χ2n) is 7.05. The topological polar surface area (TPSA) is 97.4 Å². The molecule has 0 unspecified atom stereocenters. The Balaban J connectivity index is 0.00000385. The predicted octanol–water partition coefficient (Wildman–Crippen LogP) is 4.23. The van der Waals surface area contributed by atoms with Crippen LogP contribution in [0.25, 0.3) is 0 Å². The highest BCUT2D eigenvalue weighted by molar-refractivity contribution is 6.34. The summed E-state index contributed by atoms with van der Waals surface area (Å²) in [5.74, 6) is -1.36. The Labute approximate surface area is 202 Å². The van der Waals surface area contributed by atoms with E-state index in [2.05, 4.69) is 15.6 Å². The van der Waals surface area contributed by atoms with Gasteiger partial charge in [0.05, 0.1) is 17.7 Å². The molecule has 0 bridgehead atoms. The molecule has 172 valence electrons. The van der Waals surface area contributed by atoms with Crippen LogP contribution in [0.3, 0.4) is 0 Å². The lowest BCUT2D eigenvalue weighted by Crippen LogP contribution is -2.43. The van der Waals surface area contributed by atoms with E-state index < -0.39 is 17.9 Å². The van der Waals surface area contributed by atoms with Crippen molar-refractivity contribution >= 4 is 47.5 Å². The van der Waals surface area contributed by atoms with E-state index in [9.17, 15) is 14.4 Å². The van der Waals surface area contributed by atoms with E-state index in [0.717, 1.165) is 5.56 Å². The second kappa shape index (κ2) is 12.0. The van der Waals surface area contributed by atoms with Crippen LogP contribution in [-0.2, 0) is 16.0 Å². The molecular weight excluding hydrogens is 465 g/mol. The summed E-state index contributed by atoms with van der Waals surface area (Å²) in [7, 11) is 1.26. The van der Waals surface area contributed by atoms with Crippen molar-refractivity contribution in [2.75, 3.05) is 12.4 Å². The Morgan fingerprint density at radius 1 is 1.00 bits per heavy atom. The Bertz CT molecular complexity index is 1100. The second-order valence-corrected chi connectivity index (χ2v) is 7.46. The molecule has 0 fully saturated rings. The Morgan fingerprint density at radius 3 is 2.33 bits per heavy atom. The number of benzene rings is 2. The van der Waals surface area contributed by atoms with Crippen LogP contribution in [0.5, 0.6) is 0 Å². The van der Waals surface area contributed by atoms with E-state index in [1.54, 1.807) is 73.8 Å². The summed E-state index contributed by atoms with van der Waals surface area (Å²) in [6.07, 6.45) is 1.75. The molecule has 0 aliphatic rings. The fourth-order valence-corrected chi connectivity index (χ4v) is 3.45. The number of hydrogen-bond donors (Lipinski definition) is 2. The lowest BCUT2D eigenvalue weighted by atomic mass is 10.0. The van der Waals surface area contributed by atoms with E-state index in [1.807, 2.05) is 0 Å². The van der Waals surface area contributed by atoms with Gasteiger partial charge in [-0.2, -0.15) is 0 Å². The molecule has 2 amide bonds. The summed E-state index contributed by atoms with van der Waals surface area (Å²) in [6, 6.07) is 16.3. The van der Waals surface area contributed by atoms with E-state index >= 15 is 0 Å². The molecule has 9 heteroatoms. The summed E-state index contributed by atoms with van der Waals surface area (Å²) in [4.78, 5) is 41.3. The molecule has 3 rings (SSSR count). The lowest BCUT2D eigenvalue weighted by molar-refractivity contribution is -0.142. The number of halogens is 2. The standard InChI is InChI=1S/C24H22ClN3O4.ClH/c1-15-6-5-7-18(25)21(15)23(30)28-20(24(31)32-2)14-16-9-11-17(12-10-16)27-22(29)19-8-3-4-13-26-19;/h3-13,20H,14H2,1-2H3,(H,27,29)(H,28,30);1H/t20-;/m0./s1. The normalized spacial score (nSPS) is 11.0. The van der Waals surface area contributed by atoms with Gasteiger partial charge >= 0.3 is 5.97 Å². The minimum atomic E-state index is -0.905. The van der Waals surface area contributed by atoms with E-state index in [0.29, 0.717) is 27.5 Å². The van der Waals surface area contributed by atoms with Crippen molar-refractivity contribution in [1.29, 1.82) is 0 Å². The van der Waals surface area contributed by atoms with Gasteiger partial charge in [-0.15, -0.1) is 12.4 Å². The molecule has 7 nitrogen and oxygen atoms in total. The van der Waals surface area contributed by atoms with E-state index in [-0.39, 0.29) is 24.7 Å². The fourth-order valence-electron chi connectivity index (χ4n) is 3.14. The molecule has 0 saturated carbocycles. The van der Waals surface area contributed by atoms with Gasteiger partial charge in [0, 0.05) is 18.3 Å². The lowest BCUT2D eigenvalue weighted by Gasteiger charge is -2.18. The average Bonchev–Trinajstić information content (AvgIpc) is 2.79. The molecule has 0 aliphatic carbocycles. The molecule has 2 N–H and O–H groups in total. The average molecular weight is 488 g/mol. The number of hydrogen-bond acceptors (Lipinski definition) is 5. The third-order valence-corrected chi connectivity index (χ3v) is 5.10. The first-order chi connectivity index (χ1) is 15.4. The first-order valence-corrected chi connectivity index (χ1v) is 10.2. The number of nitrogens with zero attached hydrogens (tertiary/aromatic N) is 1. The predicted molar refractivity (Wildman–Crippen MR) is 129 cm³/mol. The minimum absolute atomic E-state index is 0. The van der Waals surface area contributed by atoms with Gasteiger partial charge in [-0.3, -0.25) is 14.6 Å². The van der Waals surface area contributed by atoms with Gasteiger partial charge < -0.3 is 15.4 Å². The molecule has 1 atom stereocenters. The molecule has 0 spiro atoms. The van der Waals surface area contributed by atoms with Gasteiger partial charge in [0.25, 0.3) is 11.8 Å². The summed E-state index contributed by atoms with van der Waals surface area (Å²) >= 11 is 6.17. The zero-order valence-electron chi connectivity index (χ0n) is 18.0. The van der Waals surface area contributed by atoms with Crippen LogP contribution in [0.2, 0.25) is 5.02 Å². The first kappa shape index (κ1) is 25.8. The number of amides is 2. The summed E-state index contributed by atoms with van der Waals surface area (Å²) < 4.78 is 4.86. The van der Waals surface area contributed by atoms with Gasteiger partial charge in [0.15, 0.2) is 0 Å². The number of methoxy groups -OCH3 is 1. The molecule has 0 aliphatic heterocycles. The third kappa shape index (κ3) is 6.78. The highest BCUT2D eigenvalue weighted by atomic mass is 35.5. The maximum absolute atomic E-state index is 12.8. The minimum Gasteiger partial charge on any atom is -0.467 e. The first-order valence-electron chi connectivity index (χ1n) is 9.84. The number of nitrogens with one attached hydrogen (secondary N) is 2. The van der Waals surface area contributed by atoms with Crippen molar-refractivity contribution in [2.24, 2.45) is 0 Å². The number of aromatic nitrogens is 1. The van der Waals surface area contributed by atoms with Gasteiger partial charge in [0.1, 0.15) is 11.7 Å². The molecule has 0 saturated heterocycles. The van der Waals surface area contributed by atoms with Crippen LogP contribution in [0.15, 0.2) is 66.9 Å². The highest BCUT2D eigenvalue weighted by Gasteiger charge is 2.24. The Morgan fingerprint density at radius 2 is 1.73 bits per heavy atom. The van der Waals surface area contributed by atoms with Crippen molar-refractivity contribution in [3.8, 4) is 0 Å². The molecule has 33 heavy (non-hydrogen) atoms. The third-order valence-electron chi connectivity index (χ3n) is 4.79. The number of aryl methyl sites for hydroxylation is 1. The number of carbonyl (C=O) groups is 3. The number of anilines is 1. The zero-order chi connectivity index (χ0) is 23.1. The Hall–Kier alpha value is -3.42. The van der Waals surface area contributed by atoms with Gasteiger partial charge in [-0.25, -0.2) is 4.79 Å². The van der Waals surface area contributed by atoms with Crippen LogP contribution >= 0.6 is 24.0 Å². The molecule has 2 aromatic carbocycles. The highest BCUT2D eigenvalue weighted by Crippen LogP contribution is 2.20. The summed E-state index contributed by atoms with van der Waals surface area (Å²) in [5, 5.41) is 5.77. The molecule has 1 aromatic heterocycles. The zero-order valence-corrected chi connectivity index (χ0v) is 19.6. The summed E-state index contributed by atoms with van der Waals surface area (Å²) in [5.41, 5.74) is 2.67. The largest absolute Gasteiger partial charge is 0.467 e. The molecule has 3 aromatic rings. The van der Waals surface area contributed by atoms with Gasteiger partial charge in [-0.1, -0.05) is 41.9 Å². The van der Waals surface area contributed by atoms with E-state index in [4.69, 9.17) is 16.3 Å². The SMILES string of the molecule is COC(=O)[C@H](Cc1ccc(NC(=O)c2ccccn2)cc1)NC(=O)c1c(C)cccc1Cl.Cl. The quantitative estimate of drug-likeness (QED) is 0.485. The van der Waals surface area contributed by atoms with Crippen LogP contribution in [0.1, 0.15) is 32.0 Å². The van der Waals surface area contributed by atoms with Gasteiger partial charge in [0.2, 0.25) is 0 Å². The maximum Gasteiger partial charge on any atom is 0.328 e. The van der Waals surface area contributed by atoms with Crippen molar-refractivity contribution in [1.82, 2.24) is 10.3 Å². The maximum atomic E-state index is 12.8. The molecule has 1 heterocycles. The number of esters is 1. The van der Waals surface area contributed by atoms with Gasteiger partial charge in [-0.05, 0) is 48.4 Å². The number of rotatable bonds is 7. The van der Waals surface area contributed by atoms with Crippen molar-refractivity contribution in [3.63, 3.8) is 0 Å². The molecule has 0 radical (unpaired) electrons. The van der Waals surface area contributed by atoms with Crippen molar-refractivity contribution in [2.45, 2.75) is 19.4 Å². The number of carbonyl (C=O) groups excluding carboxylic acids is 3. The van der Waals surface area contributed by atoms with Crippen LogP contribution in [0, 0.1) is 6.92 Å². The number of ether oxygens (including phenoxy) is 1. The molecular formula is C24H23Cl2N3O4. The monoisotopic (exact) mass is 487 g/mol. The van der Waals surface area contributed by atoms with E-state index in [1.165, 1.54) is 7.11 Å². The van der Waals surface area contributed by atoms with Crippen LogP contribution in [-0.4, -0.2) is 35.9 Å². The fraction of sp³-hybridized carbons (Fsp3) is 0.167.